The Morgan fingerprint density at radius 3 is 2.55 bits per heavy atom. The minimum absolute atomic E-state index is 0.00297. The maximum atomic E-state index is 5.77. The Morgan fingerprint density at radius 2 is 1.87 bits per heavy atom. The number of rotatable bonds is 7. The van der Waals surface area contributed by atoms with Crippen molar-refractivity contribution in [3.63, 3.8) is 0 Å². The molecule has 0 amide bonds. The Balaban J connectivity index is 1.78. The average molecular weight is 435 g/mol. The van der Waals surface area contributed by atoms with Crippen molar-refractivity contribution in [1.29, 1.82) is 0 Å². The number of hydrogen-bond acceptors (Lipinski definition) is 3. The van der Waals surface area contributed by atoms with Gasteiger partial charge in [-0.2, -0.15) is 0 Å². The van der Waals surface area contributed by atoms with Gasteiger partial charge in [0, 0.05) is 43.5 Å². The molecule has 3 aromatic rings. The fourth-order valence-corrected chi connectivity index (χ4v) is 4.87. The molecule has 1 aliphatic rings. The molecular formula is C25H30N4OS. The minimum atomic E-state index is 0.00297. The summed E-state index contributed by atoms with van der Waals surface area (Å²) in [6.45, 7) is 8.03. The van der Waals surface area contributed by atoms with Crippen LogP contribution in [-0.2, 0) is 4.74 Å². The number of aromatic nitrogens is 2. The quantitative estimate of drug-likeness (QED) is 0.427. The Morgan fingerprint density at radius 1 is 1.10 bits per heavy atom. The molecule has 1 N–H and O–H groups in total. The predicted octanol–water partition coefficient (Wildman–Crippen LogP) is 4.81. The van der Waals surface area contributed by atoms with E-state index in [1.54, 1.807) is 7.11 Å². The average Bonchev–Trinajstić information content (AvgIpc) is 3.25. The van der Waals surface area contributed by atoms with E-state index in [-0.39, 0.29) is 12.1 Å². The van der Waals surface area contributed by atoms with E-state index in [1.165, 1.54) is 28.2 Å². The third-order valence-corrected chi connectivity index (χ3v) is 6.38. The summed E-state index contributed by atoms with van der Waals surface area (Å²) in [6, 6.07) is 17.1. The van der Waals surface area contributed by atoms with Crippen LogP contribution in [0.2, 0.25) is 0 Å². The summed E-state index contributed by atoms with van der Waals surface area (Å²) in [4.78, 5) is 6.95. The second-order valence-corrected chi connectivity index (χ2v) is 8.55. The third-order valence-electron chi connectivity index (χ3n) is 6.03. The van der Waals surface area contributed by atoms with Crippen molar-refractivity contribution in [2.24, 2.45) is 0 Å². The van der Waals surface area contributed by atoms with E-state index in [2.05, 4.69) is 76.9 Å². The first-order valence-electron chi connectivity index (χ1n) is 10.7. The number of thiocarbonyl (C=S) groups is 1. The Labute approximate surface area is 190 Å². The van der Waals surface area contributed by atoms with E-state index in [0.29, 0.717) is 6.61 Å². The number of nitrogens with zero attached hydrogens (tertiary/aromatic N) is 3. The molecule has 162 valence electrons. The first-order chi connectivity index (χ1) is 15.0. The summed E-state index contributed by atoms with van der Waals surface area (Å²) >= 11 is 5.77. The van der Waals surface area contributed by atoms with Crippen LogP contribution < -0.4 is 5.32 Å². The fraction of sp³-hybridized carbons (Fsp3) is 0.360. The standard InChI is InChI=1S/C25H30N4OS/c1-17-9-11-20(12-10-17)29-18(2)16-21(19(29)3)24-23(22-8-5-6-13-26-22)27-25(31)28(24)14-7-15-30-4/h5-6,8-13,16,23-24H,7,14-15H2,1-4H3,(H,27,31)/t23-,24+/m0/s1. The van der Waals surface area contributed by atoms with Crippen molar-refractivity contribution in [3.8, 4) is 5.69 Å². The molecule has 2 aromatic heterocycles. The molecule has 0 aliphatic carbocycles. The zero-order valence-electron chi connectivity index (χ0n) is 18.6. The lowest BCUT2D eigenvalue weighted by molar-refractivity contribution is 0.180. The van der Waals surface area contributed by atoms with Crippen LogP contribution in [0.25, 0.3) is 5.69 Å². The topological polar surface area (TPSA) is 42.3 Å². The number of nitrogens with one attached hydrogen (secondary N) is 1. The van der Waals surface area contributed by atoms with Crippen molar-refractivity contribution >= 4 is 17.3 Å². The molecule has 0 saturated carbocycles. The van der Waals surface area contributed by atoms with Crippen LogP contribution in [0.5, 0.6) is 0 Å². The highest BCUT2D eigenvalue weighted by atomic mass is 32.1. The lowest BCUT2D eigenvalue weighted by atomic mass is 9.96. The summed E-state index contributed by atoms with van der Waals surface area (Å²) in [5, 5.41) is 4.32. The highest BCUT2D eigenvalue weighted by molar-refractivity contribution is 7.80. The molecule has 1 saturated heterocycles. The van der Waals surface area contributed by atoms with E-state index in [1.807, 2.05) is 18.3 Å². The van der Waals surface area contributed by atoms with Gasteiger partial charge >= 0.3 is 0 Å². The maximum absolute atomic E-state index is 5.77. The number of methoxy groups -OCH3 is 1. The number of aryl methyl sites for hydroxylation is 2. The van der Waals surface area contributed by atoms with Crippen LogP contribution in [0, 0.1) is 20.8 Å². The van der Waals surface area contributed by atoms with E-state index in [9.17, 15) is 0 Å². The van der Waals surface area contributed by atoms with E-state index in [4.69, 9.17) is 17.0 Å². The molecular weight excluding hydrogens is 404 g/mol. The summed E-state index contributed by atoms with van der Waals surface area (Å²) in [6.07, 6.45) is 2.76. The molecule has 6 heteroatoms. The fourth-order valence-electron chi connectivity index (χ4n) is 4.54. The smallest absolute Gasteiger partial charge is 0.170 e. The van der Waals surface area contributed by atoms with Gasteiger partial charge in [-0.15, -0.1) is 0 Å². The lowest BCUT2D eigenvalue weighted by Gasteiger charge is -2.28. The molecule has 31 heavy (non-hydrogen) atoms. The largest absolute Gasteiger partial charge is 0.385 e. The first kappa shape index (κ1) is 21.5. The van der Waals surface area contributed by atoms with Gasteiger partial charge < -0.3 is 19.5 Å². The molecule has 1 aromatic carbocycles. The Hall–Kier alpha value is -2.70. The van der Waals surface area contributed by atoms with Crippen LogP contribution in [0.3, 0.4) is 0 Å². The summed E-state index contributed by atoms with van der Waals surface area (Å²) < 4.78 is 7.63. The van der Waals surface area contributed by atoms with Crippen molar-refractivity contribution in [3.05, 3.63) is 82.9 Å². The van der Waals surface area contributed by atoms with Crippen molar-refractivity contribution < 1.29 is 4.74 Å². The number of benzene rings is 1. The summed E-state index contributed by atoms with van der Waals surface area (Å²) in [5.41, 5.74) is 7.17. The summed E-state index contributed by atoms with van der Waals surface area (Å²) in [5.74, 6) is 0. The van der Waals surface area contributed by atoms with Gasteiger partial charge in [0.25, 0.3) is 0 Å². The molecule has 1 fully saturated rings. The van der Waals surface area contributed by atoms with Crippen LogP contribution in [0.1, 0.15) is 46.7 Å². The lowest BCUT2D eigenvalue weighted by Crippen LogP contribution is -2.31. The number of hydrogen-bond donors (Lipinski definition) is 1. The van der Waals surface area contributed by atoms with Gasteiger partial charge in [-0.25, -0.2) is 0 Å². The van der Waals surface area contributed by atoms with Crippen LogP contribution in [0.15, 0.2) is 54.7 Å². The zero-order chi connectivity index (χ0) is 22.0. The van der Waals surface area contributed by atoms with Crippen LogP contribution in [0.4, 0.5) is 0 Å². The van der Waals surface area contributed by atoms with E-state index in [0.717, 1.165) is 23.8 Å². The highest BCUT2D eigenvalue weighted by Gasteiger charge is 2.41. The van der Waals surface area contributed by atoms with E-state index >= 15 is 0 Å². The monoisotopic (exact) mass is 434 g/mol. The molecule has 0 radical (unpaired) electrons. The summed E-state index contributed by atoms with van der Waals surface area (Å²) in [7, 11) is 1.74. The van der Waals surface area contributed by atoms with Gasteiger partial charge in [0.1, 0.15) is 0 Å². The molecule has 3 heterocycles. The van der Waals surface area contributed by atoms with Gasteiger partial charge in [-0.1, -0.05) is 23.8 Å². The van der Waals surface area contributed by atoms with Gasteiger partial charge in [0.05, 0.1) is 17.8 Å². The Kier molecular flexibility index (Phi) is 6.39. The second-order valence-electron chi connectivity index (χ2n) is 8.16. The molecule has 2 atom stereocenters. The highest BCUT2D eigenvalue weighted by Crippen LogP contribution is 2.41. The van der Waals surface area contributed by atoms with Gasteiger partial charge in [0.2, 0.25) is 0 Å². The molecule has 0 unspecified atom stereocenters. The SMILES string of the molecule is COCCCN1C(=S)N[C@@H](c2ccccn2)[C@H]1c1cc(C)n(-c2ccc(C)cc2)c1C. The maximum Gasteiger partial charge on any atom is 0.170 e. The van der Waals surface area contributed by atoms with Crippen molar-refractivity contribution in [2.75, 3.05) is 20.3 Å². The minimum Gasteiger partial charge on any atom is -0.385 e. The van der Waals surface area contributed by atoms with Crippen molar-refractivity contribution in [2.45, 2.75) is 39.3 Å². The molecule has 0 spiro atoms. The second kappa shape index (κ2) is 9.20. The molecule has 0 bridgehead atoms. The molecule has 4 rings (SSSR count). The molecule has 1 aliphatic heterocycles. The normalized spacial score (nSPS) is 18.5. The number of ether oxygens (including phenoxy) is 1. The van der Waals surface area contributed by atoms with E-state index < -0.39 is 0 Å². The zero-order valence-corrected chi connectivity index (χ0v) is 19.4. The van der Waals surface area contributed by atoms with Gasteiger partial charge in [-0.05, 0) is 75.3 Å². The first-order valence-corrected chi connectivity index (χ1v) is 11.1. The number of pyridine rings is 1. The predicted molar refractivity (Wildman–Crippen MR) is 129 cm³/mol. The molecule has 5 nitrogen and oxygen atoms in total. The van der Waals surface area contributed by atoms with Crippen LogP contribution >= 0.6 is 12.2 Å². The van der Waals surface area contributed by atoms with Gasteiger partial charge in [-0.3, -0.25) is 4.98 Å². The Bertz CT molecular complexity index is 1050. The van der Waals surface area contributed by atoms with Crippen LogP contribution in [-0.4, -0.2) is 39.8 Å². The third kappa shape index (κ3) is 4.23. The van der Waals surface area contributed by atoms with Crippen molar-refractivity contribution in [1.82, 2.24) is 19.8 Å². The van der Waals surface area contributed by atoms with Gasteiger partial charge in [0.15, 0.2) is 5.11 Å².